The van der Waals surface area contributed by atoms with Gasteiger partial charge < -0.3 is 14.8 Å². The molecule has 0 unspecified atom stereocenters. The standard InChI is InChI=1S/C15H12F2N2O5/c1-23-14-7-10(3-5-13(14)19(21)22)24-8-15(20)18-12-4-2-9(16)6-11(12)17/h2-7H,8H2,1H3,(H,18,20). The minimum atomic E-state index is -0.916. The van der Waals surface area contributed by atoms with E-state index >= 15 is 0 Å². The van der Waals surface area contributed by atoms with E-state index in [9.17, 15) is 23.7 Å². The summed E-state index contributed by atoms with van der Waals surface area (Å²) >= 11 is 0. The fourth-order valence-electron chi connectivity index (χ4n) is 1.82. The summed E-state index contributed by atoms with van der Waals surface area (Å²) in [5.41, 5.74) is -0.436. The molecule has 1 amide bonds. The van der Waals surface area contributed by atoms with Crippen LogP contribution in [0.1, 0.15) is 0 Å². The summed E-state index contributed by atoms with van der Waals surface area (Å²) in [5.74, 6) is -2.23. The first-order valence-corrected chi connectivity index (χ1v) is 6.61. The minimum absolute atomic E-state index is 0.0255. The molecule has 0 heterocycles. The van der Waals surface area contributed by atoms with Gasteiger partial charge in [0, 0.05) is 18.2 Å². The molecule has 0 radical (unpaired) electrons. The quantitative estimate of drug-likeness (QED) is 0.646. The third-order valence-corrected chi connectivity index (χ3v) is 2.92. The fraction of sp³-hybridized carbons (Fsp3) is 0.133. The predicted octanol–water partition coefficient (Wildman–Crippen LogP) is 2.90. The maximum absolute atomic E-state index is 13.4. The third kappa shape index (κ3) is 4.15. The molecule has 0 aliphatic rings. The van der Waals surface area contributed by atoms with Crippen molar-refractivity contribution >= 4 is 17.3 Å². The summed E-state index contributed by atoms with van der Waals surface area (Å²) in [6, 6.07) is 6.44. The Labute approximate surface area is 135 Å². The molecule has 0 bridgehead atoms. The first-order valence-electron chi connectivity index (χ1n) is 6.61. The van der Waals surface area contributed by atoms with Gasteiger partial charge in [0.15, 0.2) is 6.61 Å². The Morgan fingerprint density at radius 1 is 1.25 bits per heavy atom. The number of nitrogens with zero attached hydrogens (tertiary/aromatic N) is 1. The lowest BCUT2D eigenvalue weighted by molar-refractivity contribution is -0.385. The van der Waals surface area contributed by atoms with Crippen molar-refractivity contribution in [3.63, 3.8) is 0 Å². The number of rotatable bonds is 6. The van der Waals surface area contributed by atoms with E-state index in [1.165, 1.54) is 25.3 Å². The monoisotopic (exact) mass is 338 g/mol. The summed E-state index contributed by atoms with van der Waals surface area (Å²) in [4.78, 5) is 21.9. The van der Waals surface area contributed by atoms with Crippen LogP contribution in [0.4, 0.5) is 20.2 Å². The topological polar surface area (TPSA) is 90.7 Å². The van der Waals surface area contributed by atoms with Crippen LogP contribution < -0.4 is 14.8 Å². The highest BCUT2D eigenvalue weighted by molar-refractivity contribution is 5.92. The molecule has 9 heteroatoms. The van der Waals surface area contributed by atoms with E-state index in [-0.39, 0.29) is 22.9 Å². The van der Waals surface area contributed by atoms with E-state index in [0.29, 0.717) is 6.07 Å². The molecular weight excluding hydrogens is 326 g/mol. The molecule has 0 aromatic heterocycles. The van der Waals surface area contributed by atoms with Gasteiger partial charge in [-0.2, -0.15) is 0 Å². The Morgan fingerprint density at radius 2 is 2.00 bits per heavy atom. The first kappa shape index (κ1) is 17.1. The van der Waals surface area contributed by atoms with Crippen LogP contribution in [0.2, 0.25) is 0 Å². The van der Waals surface area contributed by atoms with Crippen LogP contribution in [0.25, 0.3) is 0 Å². The number of hydrogen-bond donors (Lipinski definition) is 1. The maximum Gasteiger partial charge on any atom is 0.311 e. The highest BCUT2D eigenvalue weighted by atomic mass is 19.1. The van der Waals surface area contributed by atoms with Crippen LogP contribution in [0.15, 0.2) is 36.4 Å². The lowest BCUT2D eigenvalue weighted by Gasteiger charge is -2.09. The Balaban J connectivity index is 2.00. The molecule has 126 valence electrons. The van der Waals surface area contributed by atoms with Gasteiger partial charge in [-0.25, -0.2) is 8.78 Å². The highest BCUT2D eigenvalue weighted by Gasteiger charge is 2.16. The van der Waals surface area contributed by atoms with Crippen molar-refractivity contribution in [2.45, 2.75) is 0 Å². The summed E-state index contributed by atoms with van der Waals surface area (Å²) < 4.78 is 36.2. The van der Waals surface area contributed by atoms with Crippen LogP contribution in [0, 0.1) is 21.7 Å². The number of hydrogen-bond acceptors (Lipinski definition) is 5. The normalized spacial score (nSPS) is 10.1. The van der Waals surface area contributed by atoms with E-state index in [1.54, 1.807) is 0 Å². The molecule has 2 aromatic rings. The zero-order valence-corrected chi connectivity index (χ0v) is 12.4. The number of carbonyl (C=O) groups is 1. The van der Waals surface area contributed by atoms with E-state index in [0.717, 1.165) is 12.1 Å². The molecule has 0 aliphatic heterocycles. The van der Waals surface area contributed by atoms with Crippen LogP contribution >= 0.6 is 0 Å². The van der Waals surface area contributed by atoms with Gasteiger partial charge in [0.1, 0.15) is 17.4 Å². The van der Waals surface area contributed by atoms with Crippen LogP contribution in [-0.2, 0) is 4.79 Å². The smallest absolute Gasteiger partial charge is 0.311 e. The molecule has 0 saturated carbocycles. The predicted molar refractivity (Wildman–Crippen MR) is 80.1 cm³/mol. The largest absolute Gasteiger partial charge is 0.490 e. The zero-order valence-electron chi connectivity index (χ0n) is 12.4. The van der Waals surface area contributed by atoms with Gasteiger partial charge >= 0.3 is 5.69 Å². The van der Waals surface area contributed by atoms with Gasteiger partial charge in [0.2, 0.25) is 5.75 Å². The number of anilines is 1. The Bertz CT molecular complexity index is 782. The van der Waals surface area contributed by atoms with Gasteiger partial charge in [-0.05, 0) is 18.2 Å². The lowest BCUT2D eigenvalue weighted by atomic mass is 10.3. The van der Waals surface area contributed by atoms with E-state index in [2.05, 4.69) is 5.32 Å². The number of ether oxygens (including phenoxy) is 2. The van der Waals surface area contributed by atoms with Gasteiger partial charge in [0.25, 0.3) is 5.91 Å². The Morgan fingerprint density at radius 3 is 2.62 bits per heavy atom. The number of benzene rings is 2. The van der Waals surface area contributed by atoms with Crippen molar-refractivity contribution < 1.29 is 28.0 Å². The molecule has 0 atom stereocenters. The zero-order chi connectivity index (χ0) is 17.7. The number of nitrogens with one attached hydrogen (secondary N) is 1. The molecule has 0 fully saturated rings. The van der Waals surface area contributed by atoms with Gasteiger partial charge in [0.05, 0.1) is 17.7 Å². The SMILES string of the molecule is COc1cc(OCC(=O)Nc2ccc(F)cc2F)ccc1[N+](=O)[O-]. The van der Waals surface area contributed by atoms with Crippen LogP contribution in [-0.4, -0.2) is 24.5 Å². The van der Waals surface area contributed by atoms with Gasteiger partial charge in [-0.3, -0.25) is 14.9 Å². The first-order chi connectivity index (χ1) is 11.4. The molecule has 24 heavy (non-hydrogen) atoms. The van der Waals surface area contributed by atoms with Gasteiger partial charge in [-0.1, -0.05) is 0 Å². The van der Waals surface area contributed by atoms with Crippen molar-refractivity contribution in [1.82, 2.24) is 0 Å². The van der Waals surface area contributed by atoms with Gasteiger partial charge in [-0.15, -0.1) is 0 Å². The third-order valence-electron chi connectivity index (χ3n) is 2.92. The van der Waals surface area contributed by atoms with E-state index in [4.69, 9.17) is 9.47 Å². The van der Waals surface area contributed by atoms with Crippen molar-refractivity contribution in [2.75, 3.05) is 19.0 Å². The average Bonchev–Trinajstić information content (AvgIpc) is 2.55. The van der Waals surface area contributed by atoms with Crippen molar-refractivity contribution in [1.29, 1.82) is 0 Å². The number of carbonyl (C=O) groups excluding carboxylic acids is 1. The maximum atomic E-state index is 13.4. The van der Waals surface area contributed by atoms with Crippen molar-refractivity contribution in [2.24, 2.45) is 0 Å². The molecule has 2 rings (SSSR count). The summed E-state index contributed by atoms with van der Waals surface area (Å²) in [6.07, 6.45) is 0. The minimum Gasteiger partial charge on any atom is -0.490 e. The Kier molecular flexibility index (Phi) is 5.25. The molecule has 1 N–H and O–H groups in total. The molecule has 0 spiro atoms. The van der Waals surface area contributed by atoms with Crippen LogP contribution in [0.3, 0.4) is 0 Å². The summed E-state index contributed by atoms with van der Waals surface area (Å²) in [5, 5.41) is 13.0. The van der Waals surface area contributed by atoms with Crippen molar-refractivity contribution in [3.8, 4) is 11.5 Å². The van der Waals surface area contributed by atoms with Crippen molar-refractivity contribution in [3.05, 3.63) is 58.1 Å². The number of amides is 1. The number of nitro groups is 1. The molecule has 0 aliphatic carbocycles. The lowest BCUT2D eigenvalue weighted by Crippen LogP contribution is -2.20. The van der Waals surface area contributed by atoms with Crippen LogP contribution in [0.5, 0.6) is 11.5 Å². The second kappa shape index (κ2) is 7.36. The molecule has 2 aromatic carbocycles. The number of nitro benzene ring substituents is 1. The second-order valence-corrected chi connectivity index (χ2v) is 4.55. The number of methoxy groups -OCH3 is 1. The summed E-state index contributed by atoms with van der Waals surface area (Å²) in [7, 11) is 1.26. The highest BCUT2D eigenvalue weighted by Crippen LogP contribution is 2.30. The summed E-state index contributed by atoms with van der Waals surface area (Å²) in [6.45, 7) is -0.474. The number of halogens is 2. The molecule has 0 saturated heterocycles. The van der Waals surface area contributed by atoms with E-state index in [1.807, 2.05) is 0 Å². The second-order valence-electron chi connectivity index (χ2n) is 4.55. The van der Waals surface area contributed by atoms with E-state index < -0.39 is 29.1 Å². The average molecular weight is 338 g/mol. The fourth-order valence-corrected chi connectivity index (χ4v) is 1.82. The molecule has 7 nitrogen and oxygen atoms in total. The Hall–Kier alpha value is -3.23. The molecular formula is C15H12F2N2O5.